The largest absolute Gasteiger partial charge is 0.369 e. The Bertz CT molecular complexity index is 289. The van der Waals surface area contributed by atoms with Gasteiger partial charge in [-0.1, -0.05) is 0 Å². The standard InChI is InChI=1S/C7H16N2O3S/c1-5(6(8)10)13(11,12)4-7(2,3)9/h5H,4,9H2,1-3H3,(H2,8,10). The fraction of sp³-hybridized carbons (Fsp3) is 0.857. The second-order valence-corrected chi connectivity index (χ2v) is 6.16. The number of hydrogen-bond donors (Lipinski definition) is 2. The summed E-state index contributed by atoms with van der Waals surface area (Å²) in [6.07, 6.45) is 0. The van der Waals surface area contributed by atoms with Crippen LogP contribution >= 0.6 is 0 Å². The van der Waals surface area contributed by atoms with Crippen molar-refractivity contribution in [3.8, 4) is 0 Å². The molecule has 0 aliphatic rings. The molecule has 0 aliphatic carbocycles. The van der Waals surface area contributed by atoms with Crippen LogP contribution in [0.1, 0.15) is 20.8 Å². The van der Waals surface area contributed by atoms with Gasteiger partial charge in [0.15, 0.2) is 9.84 Å². The van der Waals surface area contributed by atoms with Gasteiger partial charge in [0.2, 0.25) is 5.91 Å². The van der Waals surface area contributed by atoms with Gasteiger partial charge >= 0.3 is 0 Å². The van der Waals surface area contributed by atoms with Crippen molar-refractivity contribution in [2.75, 3.05) is 5.75 Å². The average Bonchev–Trinajstić information content (AvgIpc) is 1.80. The van der Waals surface area contributed by atoms with Gasteiger partial charge in [-0.15, -0.1) is 0 Å². The van der Waals surface area contributed by atoms with Gasteiger partial charge < -0.3 is 11.5 Å². The molecule has 0 radical (unpaired) electrons. The van der Waals surface area contributed by atoms with Crippen molar-refractivity contribution in [2.45, 2.75) is 31.6 Å². The summed E-state index contributed by atoms with van der Waals surface area (Å²) in [5.74, 6) is -1.09. The third kappa shape index (κ3) is 4.23. The van der Waals surface area contributed by atoms with Gasteiger partial charge in [0.05, 0.1) is 5.75 Å². The molecule has 0 rings (SSSR count). The molecule has 0 aromatic heterocycles. The maximum Gasteiger partial charge on any atom is 0.235 e. The summed E-state index contributed by atoms with van der Waals surface area (Å²) in [6, 6.07) is 0. The van der Waals surface area contributed by atoms with Gasteiger partial charge in [-0.05, 0) is 20.8 Å². The molecule has 5 nitrogen and oxygen atoms in total. The van der Waals surface area contributed by atoms with Crippen molar-refractivity contribution in [3.05, 3.63) is 0 Å². The molecule has 13 heavy (non-hydrogen) atoms. The summed E-state index contributed by atoms with van der Waals surface area (Å²) in [5, 5.41) is -1.17. The zero-order valence-electron chi connectivity index (χ0n) is 8.07. The summed E-state index contributed by atoms with van der Waals surface area (Å²) < 4.78 is 22.8. The minimum Gasteiger partial charge on any atom is -0.369 e. The monoisotopic (exact) mass is 208 g/mol. The molecule has 6 heteroatoms. The van der Waals surface area contributed by atoms with E-state index in [9.17, 15) is 13.2 Å². The average molecular weight is 208 g/mol. The summed E-state index contributed by atoms with van der Waals surface area (Å²) in [6.45, 7) is 4.43. The normalized spacial score (nSPS) is 15.4. The van der Waals surface area contributed by atoms with E-state index in [0.29, 0.717) is 0 Å². The van der Waals surface area contributed by atoms with Crippen LogP contribution in [0.15, 0.2) is 0 Å². The van der Waals surface area contributed by atoms with Crippen LogP contribution < -0.4 is 11.5 Å². The van der Waals surface area contributed by atoms with Crippen molar-refractivity contribution in [1.82, 2.24) is 0 Å². The van der Waals surface area contributed by atoms with Gasteiger partial charge in [0.1, 0.15) is 5.25 Å². The van der Waals surface area contributed by atoms with Crippen molar-refractivity contribution in [3.63, 3.8) is 0 Å². The van der Waals surface area contributed by atoms with Gasteiger partial charge in [-0.3, -0.25) is 4.79 Å². The number of primary amides is 1. The number of rotatable bonds is 4. The Morgan fingerprint density at radius 1 is 1.46 bits per heavy atom. The van der Waals surface area contributed by atoms with Crippen LogP contribution in [0.5, 0.6) is 0 Å². The Hall–Kier alpha value is -0.620. The molecule has 0 fully saturated rings. The first kappa shape index (κ1) is 12.4. The molecule has 0 saturated heterocycles. The van der Waals surface area contributed by atoms with Crippen molar-refractivity contribution in [2.24, 2.45) is 11.5 Å². The van der Waals surface area contributed by atoms with E-state index < -0.39 is 26.5 Å². The molecule has 0 aliphatic heterocycles. The molecule has 0 saturated carbocycles. The van der Waals surface area contributed by atoms with Crippen molar-refractivity contribution in [1.29, 1.82) is 0 Å². The van der Waals surface area contributed by atoms with Crippen LogP contribution in [0, 0.1) is 0 Å². The zero-order valence-corrected chi connectivity index (χ0v) is 8.89. The summed E-state index contributed by atoms with van der Waals surface area (Å²) in [7, 11) is -3.52. The number of nitrogens with two attached hydrogens (primary N) is 2. The minimum absolute atomic E-state index is 0.246. The predicted octanol–water partition coefficient (Wildman–Crippen LogP) is -0.988. The van der Waals surface area contributed by atoms with E-state index >= 15 is 0 Å². The van der Waals surface area contributed by atoms with E-state index in [1.54, 1.807) is 13.8 Å². The zero-order chi connectivity index (χ0) is 10.9. The van der Waals surface area contributed by atoms with Crippen LogP contribution in [0.3, 0.4) is 0 Å². The molecule has 0 heterocycles. The highest BCUT2D eigenvalue weighted by Crippen LogP contribution is 2.08. The lowest BCUT2D eigenvalue weighted by molar-refractivity contribution is -0.117. The van der Waals surface area contributed by atoms with Gasteiger partial charge in [0, 0.05) is 5.54 Å². The predicted molar refractivity (Wildman–Crippen MR) is 50.7 cm³/mol. The maximum absolute atomic E-state index is 11.4. The Morgan fingerprint density at radius 3 is 2.08 bits per heavy atom. The van der Waals surface area contributed by atoms with Crippen LogP contribution in [0.2, 0.25) is 0 Å². The summed E-state index contributed by atoms with van der Waals surface area (Å²) in [4.78, 5) is 10.6. The highest BCUT2D eigenvalue weighted by molar-refractivity contribution is 7.92. The molecule has 78 valence electrons. The number of hydrogen-bond acceptors (Lipinski definition) is 4. The minimum atomic E-state index is -3.52. The Morgan fingerprint density at radius 2 is 1.85 bits per heavy atom. The van der Waals surface area contributed by atoms with Crippen LogP contribution in [-0.4, -0.2) is 30.9 Å². The molecule has 0 aromatic rings. The van der Waals surface area contributed by atoms with Crippen LogP contribution in [0.25, 0.3) is 0 Å². The fourth-order valence-electron chi connectivity index (χ4n) is 0.820. The van der Waals surface area contributed by atoms with E-state index in [-0.39, 0.29) is 5.75 Å². The maximum atomic E-state index is 11.4. The molecule has 1 atom stereocenters. The van der Waals surface area contributed by atoms with Crippen LogP contribution in [0.4, 0.5) is 0 Å². The Labute approximate surface area is 78.4 Å². The third-order valence-corrected chi connectivity index (χ3v) is 3.97. The van der Waals surface area contributed by atoms with E-state index in [4.69, 9.17) is 11.5 Å². The lowest BCUT2D eigenvalue weighted by Gasteiger charge is -2.20. The highest BCUT2D eigenvalue weighted by Gasteiger charge is 2.30. The summed E-state index contributed by atoms with van der Waals surface area (Å²) >= 11 is 0. The number of sulfone groups is 1. The van der Waals surface area contributed by atoms with Gasteiger partial charge in [-0.2, -0.15) is 0 Å². The molecule has 1 amide bonds. The SMILES string of the molecule is CC(C(N)=O)S(=O)(=O)CC(C)(C)N. The first-order valence-electron chi connectivity index (χ1n) is 3.86. The summed E-state index contributed by atoms with van der Waals surface area (Å²) in [5.41, 5.74) is 9.57. The first-order valence-corrected chi connectivity index (χ1v) is 5.57. The van der Waals surface area contributed by atoms with Gasteiger partial charge in [-0.25, -0.2) is 8.42 Å². The second kappa shape index (κ2) is 3.63. The fourth-order valence-corrected chi connectivity index (χ4v) is 2.46. The lowest BCUT2D eigenvalue weighted by atomic mass is 10.1. The highest BCUT2D eigenvalue weighted by atomic mass is 32.2. The lowest BCUT2D eigenvalue weighted by Crippen LogP contribution is -2.45. The number of amides is 1. The van der Waals surface area contributed by atoms with E-state index in [0.717, 1.165) is 0 Å². The third-order valence-electron chi connectivity index (χ3n) is 1.51. The smallest absolute Gasteiger partial charge is 0.235 e. The number of carbonyl (C=O) groups excluding carboxylic acids is 1. The van der Waals surface area contributed by atoms with Gasteiger partial charge in [0.25, 0.3) is 0 Å². The first-order chi connectivity index (χ1) is 5.56. The van der Waals surface area contributed by atoms with E-state index in [1.165, 1.54) is 6.92 Å². The van der Waals surface area contributed by atoms with Crippen molar-refractivity contribution < 1.29 is 13.2 Å². The topological polar surface area (TPSA) is 103 Å². The molecule has 4 N–H and O–H groups in total. The molecule has 0 aromatic carbocycles. The van der Waals surface area contributed by atoms with E-state index in [1.807, 2.05) is 0 Å². The molecule has 0 bridgehead atoms. The molecular weight excluding hydrogens is 192 g/mol. The Balaban J connectivity index is 4.71. The Kier molecular flexibility index (Phi) is 3.46. The van der Waals surface area contributed by atoms with Crippen LogP contribution in [-0.2, 0) is 14.6 Å². The van der Waals surface area contributed by atoms with Crippen molar-refractivity contribution >= 4 is 15.7 Å². The quantitative estimate of drug-likeness (QED) is 0.619. The number of carbonyl (C=O) groups is 1. The molecule has 0 spiro atoms. The van der Waals surface area contributed by atoms with E-state index in [2.05, 4.69) is 0 Å². The molecule has 1 unspecified atom stereocenters. The molecular formula is C7H16N2O3S. The second-order valence-electron chi connectivity index (χ2n) is 3.84.